The average molecular weight is 445 g/mol. The zero-order valence-electron chi connectivity index (χ0n) is 18.5. The van der Waals surface area contributed by atoms with Gasteiger partial charge in [-0.15, -0.1) is 0 Å². The van der Waals surface area contributed by atoms with Crippen LogP contribution in [0.2, 0.25) is 0 Å². The van der Waals surface area contributed by atoms with Crippen LogP contribution in [0.25, 0.3) is 0 Å². The van der Waals surface area contributed by atoms with Crippen molar-refractivity contribution in [3.05, 3.63) is 53.6 Å². The van der Waals surface area contributed by atoms with Gasteiger partial charge in [-0.25, -0.2) is 9.10 Å². The quantitative estimate of drug-likeness (QED) is 0.450. The summed E-state index contributed by atoms with van der Waals surface area (Å²) in [6.07, 6.45) is 0.173. The first-order chi connectivity index (χ1) is 14.7. The van der Waals surface area contributed by atoms with E-state index in [1.807, 2.05) is 57.2 Å². The molecule has 166 valence electrons. The number of anilines is 1. The third kappa shape index (κ3) is 5.85. The van der Waals surface area contributed by atoms with E-state index in [9.17, 15) is 9.59 Å². The molecule has 2 aromatic carbocycles. The predicted octanol–water partition coefficient (Wildman–Crippen LogP) is 4.77. The second-order valence-electron chi connectivity index (χ2n) is 7.91. The van der Waals surface area contributed by atoms with E-state index in [2.05, 4.69) is 0 Å². The number of ether oxygens (including phenoxy) is 3. The molecule has 8 heteroatoms. The molecule has 0 spiro atoms. The second-order valence-corrected chi connectivity index (χ2v) is 9.06. The van der Waals surface area contributed by atoms with Crippen molar-refractivity contribution < 1.29 is 23.8 Å². The number of carbonyl (C=O) groups is 2. The fraction of sp³-hybridized carbons (Fsp3) is 0.391. The summed E-state index contributed by atoms with van der Waals surface area (Å²) in [4.78, 5) is 24.9. The highest BCUT2D eigenvalue weighted by Crippen LogP contribution is 2.42. The van der Waals surface area contributed by atoms with Crippen molar-refractivity contribution in [1.29, 1.82) is 0 Å². The van der Waals surface area contributed by atoms with E-state index >= 15 is 0 Å². The monoisotopic (exact) mass is 444 g/mol. The van der Waals surface area contributed by atoms with Gasteiger partial charge in [0.15, 0.2) is 11.5 Å². The van der Waals surface area contributed by atoms with Gasteiger partial charge < -0.3 is 14.2 Å². The number of carbonyl (C=O) groups excluding carboxylic acids is 2. The van der Waals surface area contributed by atoms with Crippen molar-refractivity contribution in [2.24, 2.45) is 0 Å². The Hall–Kier alpha value is -2.87. The summed E-state index contributed by atoms with van der Waals surface area (Å²) in [7, 11) is 1.59. The van der Waals surface area contributed by atoms with E-state index < -0.39 is 6.09 Å². The van der Waals surface area contributed by atoms with E-state index in [1.54, 1.807) is 24.3 Å². The van der Waals surface area contributed by atoms with Crippen LogP contribution >= 0.6 is 12.1 Å². The number of hydrogen-bond donors (Lipinski definition) is 0. The summed E-state index contributed by atoms with van der Waals surface area (Å²) in [5.74, 6) is 0.601. The maximum atomic E-state index is 12.8. The Morgan fingerprint density at radius 3 is 2.65 bits per heavy atom. The Bertz CT molecular complexity index is 963. The zero-order chi connectivity index (χ0) is 22.6. The lowest BCUT2D eigenvalue weighted by atomic mass is 10.0. The third-order valence-electron chi connectivity index (χ3n) is 4.60. The molecule has 0 bridgehead atoms. The van der Waals surface area contributed by atoms with E-state index in [0.717, 1.165) is 35.4 Å². The Labute approximate surface area is 187 Å². The fourth-order valence-electron chi connectivity index (χ4n) is 3.28. The summed E-state index contributed by atoms with van der Waals surface area (Å²) in [6.45, 7) is 7.99. The van der Waals surface area contributed by atoms with Gasteiger partial charge in [-0.2, -0.15) is 0 Å². The summed E-state index contributed by atoms with van der Waals surface area (Å²) in [5.41, 5.74) is 2.49. The number of para-hydroxylation sites is 1. The van der Waals surface area contributed by atoms with Gasteiger partial charge >= 0.3 is 12.1 Å². The van der Waals surface area contributed by atoms with E-state index in [4.69, 9.17) is 14.2 Å². The molecule has 0 radical (unpaired) electrons. The van der Waals surface area contributed by atoms with Crippen LogP contribution < -0.4 is 13.8 Å². The van der Waals surface area contributed by atoms with Gasteiger partial charge in [0.2, 0.25) is 0 Å². The van der Waals surface area contributed by atoms with Crippen molar-refractivity contribution in [2.45, 2.75) is 39.7 Å². The Morgan fingerprint density at radius 1 is 1.19 bits per heavy atom. The smallest absolute Gasteiger partial charge is 0.426 e. The Kier molecular flexibility index (Phi) is 7.00. The summed E-state index contributed by atoms with van der Waals surface area (Å²) in [5, 5.41) is 0. The zero-order valence-corrected chi connectivity index (χ0v) is 19.3. The Balaban J connectivity index is 1.73. The SMILES string of the molecule is CCOC(=O)CN(SN(C)C(=O)Oc1cccc2c1OC(C)(C)C2)c1cccc(C)c1. The molecule has 0 fully saturated rings. The molecule has 0 N–H and O–H groups in total. The van der Waals surface area contributed by atoms with E-state index in [-0.39, 0.29) is 18.1 Å². The van der Waals surface area contributed by atoms with Gasteiger partial charge in [0, 0.05) is 24.7 Å². The minimum atomic E-state index is -0.576. The van der Waals surface area contributed by atoms with Gasteiger partial charge in [0.25, 0.3) is 0 Å². The molecule has 0 atom stereocenters. The molecule has 1 amide bonds. The van der Waals surface area contributed by atoms with Crippen molar-refractivity contribution >= 4 is 29.9 Å². The number of benzene rings is 2. The normalized spacial score (nSPS) is 13.7. The first kappa shape index (κ1) is 22.8. The van der Waals surface area contributed by atoms with Gasteiger partial charge in [-0.1, -0.05) is 24.3 Å². The molecule has 0 saturated carbocycles. The lowest BCUT2D eigenvalue weighted by molar-refractivity contribution is -0.141. The summed E-state index contributed by atoms with van der Waals surface area (Å²) >= 11 is 1.07. The van der Waals surface area contributed by atoms with Crippen LogP contribution in [0.1, 0.15) is 31.9 Å². The highest BCUT2D eigenvalue weighted by molar-refractivity contribution is 7.98. The van der Waals surface area contributed by atoms with E-state index in [1.165, 1.54) is 4.31 Å². The van der Waals surface area contributed by atoms with Crippen molar-refractivity contribution in [3.8, 4) is 11.5 Å². The molecule has 3 rings (SSSR count). The third-order valence-corrected chi connectivity index (χ3v) is 5.53. The minimum absolute atomic E-state index is 0.0163. The summed E-state index contributed by atoms with van der Waals surface area (Å²) < 4.78 is 19.7. The average Bonchev–Trinajstić information content (AvgIpc) is 3.02. The molecule has 2 aromatic rings. The number of amides is 1. The van der Waals surface area contributed by atoms with Gasteiger partial charge in [-0.05, 0) is 51.5 Å². The highest BCUT2D eigenvalue weighted by Gasteiger charge is 2.33. The minimum Gasteiger partial charge on any atom is -0.483 e. The fourth-order valence-corrected chi connectivity index (χ4v) is 4.05. The number of hydrogen-bond acceptors (Lipinski definition) is 7. The maximum Gasteiger partial charge on any atom is 0.426 e. The highest BCUT2D eigenvalue weighted by atomic mass is 32.2. The van der Waals surface area contributed by atoms with Gasteiger partial charge in [0.05, 0.1) is 18.7 Å². The molecule has 1 aliphatic heterocycles. The molecule has 7 nitrogen and oxygen atoms in total. The standard InChI is InChI=1S/C23H28N2O5S/c1-6-28-20(26)15-25(18-11-7-9-16(2)13-18)31-24(5)22(27)29-19-12-8-10-17-14-23(3,4)30-21(17)19/h7-13H,6,14-15H2,1-5H3. The van der Waals surface area contributed by atoms with Crippen LogP contribution in [0.15, 0.2) is 42.5 Å². The van der Waals surface area contributed by atoms with Crippen LogP contribution in [0.4, 0.5) is 10.5 Å². The number of fused-ring (bicyclic) bond motifs is 1. The number of aryl methyl sites for hydroxylation is 1. The largest absolute Gasteiger partial charge is 0.483 e. The van der Waals surface area contributed by atoms with Crippen LogP contribution in [0.5, 0.6) is 11.5 Å². The predicted molar refractivity (Wildman–Crippen MR) is 121 cm³/mol. The number of nitrogens with zero attached hydrogens (tertiary/aromatic N) is 2. The van der Waals surface area contributed by atoms with Crippen LogP contribution in [-0.4, -0.2) is 42.2 Å². The summed E-state index contributed by atoms with van der Waals surface area (Å²) in [6, 6.07) is 13.2. The van der Waals surface area contributed by atoms with Crippen LogP contribution in [0.3, 0.4) is 0 Å². The van der Waals surface area contributed by atoms with Crippen LogP contribution in [-0.2, 0) is 16.0 Å². The maximum absolute atomic E-state index is 12.8. The van der Waals surface area contributed by atoms with Crippen molar-refractivity contribution in [2.75, 3.05) is 24.5 Å². The van der Waals surface area contributed by atoms with Crippen molar-refractivity contribution in [1.82, 2.24) is 4.31 Å². The topological polar surface area (TPSA) is 68.3 Å². The first-order valence-electron chi connectivity index (χ1n) is 10.1. The van der Waals surface area contributed by atoms with E-state index in [0.29, 0.717) is 18.1 Å². The molecule has 1 heterocycles. The number of rotatable bonds is 7. The Morgan fingerprint density at radius 2 is 1.94 bits per heavy atom. The first-order valence-corrected chi connectivity index (χ1v) is 10.9. The molecular weight excluding hydrogens is 416 g/mol. The molecule has 0 aromatic heterocycles. The van der Waals surface area contributed by atoms with Crippen LogP contribution in [0, 0.1) is 6.92 Å². The molecule has 0 unspecified atom stereocenters. The lowest BCUT2D eigenvalue weighted by Gasteiger charge is -2.26. The van der Waals surface area contributed by atoms with Crippen molar-refractivity contribution in [3.63, 3.8) is 0 Å². The second kappa shape index (κ2) is 9.51. The number of esters is 1. The molecule has 0 aliphatic carbocycles. The lowest BCUT2D eigenvalue weighted by Crippen LogP contribution is -2.33. The van der Waals surface area contributed by atoms with Gasteiger partial charge in [-0.3, -0.25) is 9.10 Å². The molecule has 31 heavy (non-hydrogen) atoms. The molecule has 0 saturated heterocycles. The molecular formula is C23H28N2O5S. The molecule has 1 aliphatic rings. The van der Waals surface area contributed by atoms with Gasteiger partial charge in [0.1, 0.15) is 12.1 Å².